The number of amides is 3. The summed E-state index contributed by atoms with van der Waals surface area (Å²) in [6.07, 6.45) is 4.04. The Bertz CT molecular complexity index is 955. The molecule has 2 aromatic rings. The number of rotatable bonds is 4. The zero-order chi connectivity index (χ0) is 20.7. The van der Waals surface area contributed by atoms with Crippen LogP contribution >= 0.6 is 11.3 Å². The number of aromatic nitrogens is 1. The third kappa shape index (κ3) is 3.65. The summed E-state index contributed by atoms with van der Waals surface area (Å²) in [5, 5.41) is 1.20. The van der Waals surface area contributed by atoms with E-state index in [0.717, 1.165) is 26.1 Å². The Hall–Kier alpha value is -2.58. The molecule has 8 heteroatoms. The second-order valence-electron chi connectivity index (χ2n) is 8.07. The highest BCUT2D eigenvalue weighted by Crippen LogP contribution is 2.28. The lowest BCUT2D eigenvalue weighted by molar-refractivity contribution is -0.121. The van der Waals surface area contributed by atoms with Gasteiger partial charge in [0.25, 0.3) is 5.91 Å². The molecule has 0 radical (unpaired) electrons. The fraction of sp³-hybridized carbons (Fsp3) is 0.455. The highest BCUT2D eigenvalue weighted by Gasteiger charge is 2.30. The summed E-state index contributed by atoms with van der Waals surface area (Å²) in [4.78, 5) is 48.3. The van der Waals surface area contributed by atoms with Gasteiger partial charge in [0.15, 0.2) is 0 Å². The lowest BCUT2D eigenvalue weighted by Gasteiger charge is -2.34. The molecule has 30 heavy (non-hydrogen) atoms. The first kappa shape index (κ1) is 19.4. The zero-order valence-electron chi connectivity index (χ0n) is 16.8. The van der Waals surface area contributed by atoms with Gasteiger partial charge in [-0.25, -0.2) is 4.98 Å². The fourth-order valence-electron chi connectivity index (χ4n) is 4.41. The van der Waals surface area contributed by atoms with Gasteiger partial charge in [-0.05, 0) is 43.5 Å². The number of piperazine rings is 1. The standard InChI is InChI=1S/C22H24N4O3S/c27-20-8-9-21(28)26(20)16-6-4-15(5-7-16)22(29)25-12-10-24(11-13-25)14-19-23-17-2-1-3-18(17)30-19/h4-7H,1-3,8-14H2. The van der Waals surface area contributed by atoms with Crippen molar-refractivity contribution < 1.29 is 14.4 Å². The smallest absolute Gasteiger partial charge is 0.253 e. The van der Waals surface area contributed by atoms with Crippen molar-refractivity contribution in [2.24, 2.45) is 0 Å². The van der Waals surface area contributed by atoms with Crippen LogP contribution in [0.25, 0.3) is 0 Å². The van der Waals surface area contributed by atoms with Crippen molar-refractivity contribution in [2.75, 3.05) is 31.1 Å². The topological polar surface area (TPSA) is 73.8 Å². The summed E-state index contributed by atoms with van der Waals surface area (Å²) in [5.74, 6) is -0.366. The molecule has 0 saturated carbocycles. The van der Waals surface area contributed by atoms with Crippen LogP contribution in [-0.2, 0) is 29.0 Å². The van der Waals surface area contributed by atoms with Crippen LogP contribution in [0.3, 0.4) is 0 Å². The van der Waals surface area contributed by atoms with Gasteiger partial charge in [0.05, 0.1) is 17.9 Å². The Morgan fingerprint density at radius 2 is 1.63 bits per heavy atom. The molecule has 3 amide bonds. The van der Waals surface area contributed by atoms with Gasteiger partial charge in [-0.3, -0.25) is 24.2 Å². The van der Waals surface area contributed by atoms with E-state index in [4.69, 9.17) is 4.98 Å². The fourth-order valence-corrected chi connectivity index (χ4v) is 5.61. The van der Waals surface area contributed by atoms with Crippen LogP contribution in [0.1, 0.15) is 45.2 Å². The molecule has 1 aromatic heterocycles. The molecule has 2 saturated heterocycles. The van der Waals surface area contributed by atoms with Crippen molar-refractivity contribution in [1.82, 2.24) is 14.8 Å². The number of hydrogen-bond donors (Lipinski definition) is 0. The summed E-state index contributed by atoms with van der Waals surface area (Å²) >= 11 is 1.85. The maximum absolute atomic E-state index is 12.9. The molecule has 0 spiro atoms. The van der Waals surface area contributed by atoms with Gasteiger partial charge in [-0.15, -0.1) is 11.3 Å². The molecule has 5 rings (SSSR count). The zero-order valence-corrected chi connectivity index (χ0v) is 17.6. The van der Waals surface area contributed by atoms with E-state index >= 15 is 0 Å². The largest absolute Gasteiger partial charge is 0.336 e. The Morgan fingerprint density at radius 1 is 0.933 bits per heavy atom. The predicted molar refractivity (Wildman–Crippen MR) is 113 cm³/mol. The third-order valence-electron chi connectivity index (χ3n) is 6.08. The minimum Gasteiger partial charge on any atom is -0.336 e. The molecule has 0 bridgehead atoms. The predicted octanol–water partition coefficient (Wildman–Crippen LogP) is 2.24. The summed E-state index contributed by atoms with van der Waals surface area (Å²) in [7, 11) is 0. The molecular weight excluding hydrogens is 400 g/mol. The van der Waals surface area contributed by atoms with Crippen molar-refractivity contribution in [3.63, 3.8) is 0 Å². The lowest BCUT2D eigenvalue weighted by atomic mass is 10.1. The minimum atomic E-state index is -0.180. The molecule has 2 aliphatic heterocycles. The molecule has 0 N–H and O–H groups in total. The highest BCUT2D eigenvalue weighted by atomic mass is 32.1. The average molecular weight is 425 g/mol. The van der Waals surface area contributed by atoms with E-state index in [1.807, 2.05) is 16.2 Å². The molecule has 3 aliphatic rings. The van der Waals surface area contributed by atoms with E-state index < -0.39 is 0 Å². The molecule has 2 fully saturated rings. The first-order chi connectivity index (χ1) is 14.6. The Kier molecular flexibility index (Phi) is 5.12. The van der Waals surface area contributed by atoms with Gasteiger partial charge in [-0.2, -0.15) is 0 Å². The maximum atomic E-state index is 12.9. The van der Waals surface area contributed by atoms with Gasteiger partial charge in [0, 0.05) is 49.5 Å². The quantitative estimate of drug-likeness (QED) is 0.704. The van der Waals surface area contributed by atoms with E-state index in [2.05, 4.69) is 4.90 Å². The van der Waals surface area contributed by atoms with Crippen molar-refractivity contribution in [2.45, 2.75) is 38.6 Å². The number of nitrogens with zero attached hydrogens (tertiary/aromatic N) is 4. The average Bonchev–Trinajstić information content (AvgIpc) is 3.43. The first-order valence-electron chi connectivity index (χ1n) is 10.5. The van der Waals surface area contributed by atoms with E-state index in [-0.39, 0.29) is 30.6 Å². The second-order valence-corrected chi connectivity index (χ2v) is 9.24. The monoisotopic (exact) mass is 424 g/mol. The van der Waals surface area contributed by atoms with Gasteiger partial charge >= 0.3 is 0 Å². The number of carbonyl (C=O) groups is 3. The van der Waals surface area contributed by atoms with Crippen LogP contribution in [0.2, 0.25) is 0 Å². The number of carbonyl (C=O) groups excluding carboxylic acids is 3. The summed E-state index contributed by atoms with van der Waals surface area (Å²) in [5.41, 5.74) is 2.42. The molecule has 1 aromatic carbocycles. The van der Waals surface area contributed by atoms with E-state index in [1.165, 1.54) is 33.3 Å². The Morgan fingerprint density at radius 3 is 2.30 bits per heavy atom. The molecule has 3 heterocycles. The number of aryl methyl sites for hydroxylation is 2. The summed E-state index contributed by atoms with van der Waals surface area (Å²) < 4.78 is 0. The van der Waals surface area contributed by atoms with Gasteiger partial charge in [0.2, 0.25) is 11.8 Å². The Balaban J connectivity index is 1.17. The van der Waals surface area contributed by atoms with Crippen LogP contribution in [0.5, 0.6) is 0 Å². The molecular formula is C22H24N4O3S. The third-order valence-corrected chi connectivity index (χ3v) is 7.22. The maximum Gasteiger partial charge on any atom is 0.253 e. The van der Waals surface area contributed by atoms with Gasteiger partial charge in [0.1, 0.15) is 5.01 Å². The number of benzene rings is 1. The second kappa shape index (κ2) is 7.92. The van der Waals surface area contributed by atoms with Gasteiger partial charge < -0.3 is 4.90 Å². The van der Waals surface area contributed by atoms with Crippen LogP contribution < -0.4 is 4.90 Å². The SMILES string of the molecule is O=C(c1ccc(N2C(=O)CCC2=O)cc1)N1CCN(Cc2nc3c(s2)CCC3)CC1. The van der Waals surface area contributed by atoms with Crippen molar-refractivity contribution >= 4 is 34.7 Å². The van der Waals surface area contributed by atoms with E-state index in [9.17, 15) is 14.4 Å². The first-order valence-corrected chi connectivity index (χ1v) is 11.3. The number of hydrogen-bond acceptors (Lipinski definition) is 6. The van der Waals surface area contributed by atoms with Crippen LogP contribution in [0.15, 0.2) is 24.3 Å². The van der Waals surface area contributed by atoms with Crippen LogP contribution in [0, 0.1) is 0 Å². The number of fused-ring (bicyclic) bond motifs is 1. The molecule has 7 nitrogen and oxygen atoms in total. The number of imide groups is 1. The van der Waals surface area contributed by atoms with Crippen LogP contribution in [0.4, 0.5) is 5.69 Å². The molecule has 0 unspecified atom stereocenters. The Labute approximate surface area is 179 Å². The van der Waals surface area contributed by atoms with Gasteiger partial charge in [-0.1, -0.05) is 0 Å². The molecule has 1 aliphatic carbocycles. The summed E-state index contributed by atoms with van der Waals surface area (Å²) in [6, 6.07) is 6.79. The minimum absolute atomic E-state index is 0.00602. The van der Waals surface area contributed by atoms with E-state index in [1.54, 1.807) is 24.3 Å². The lowest BCUT2D eigenvalue weighted by Crippen LogP contribution is -2.48. The van der Waals surface area contributed by atoms with Crippen molar-refractivity contribution in [1.29, 1.82) is 0 Å². The highest BCUT2D eigenvalue weighted by molar-refractivity contribution is 7.11. The summed E-state index contributed by atoms with van der Waals surface area (Å²) in [6.45, 7) is 3.92. The van der Waals surface area contributed by atoms with Crippen molar-refractivity contribution in [3.8, 4) is 0 Å². The van der Waals surface area contributed by atoms with Crippen LogP contribution in [-0.4, -0.2) is 58.7 Å². The number of anilines is 1. The normalized spacial score (nSPS) is 19.6. The number of thiazole rings is 1. The molecule has 0 atom stereocenters. The molecule has 156 valence electrons. The van der Waals surface area contributed by atoms with E-state index in [0.29, 0.717) is 24.3 Å². The van der Waals surface area contributed by atoms with Crippen molar-refractivity contribution in [3.05, 3.63) is 45.4 Å².